The van der Waals surface area contributed by atoms with Gasteiger partial charge in [0.25, 0.3) is 0 Å². The van der Waals surface area contributed by atoms with Gasteiger partial charge < -0.3 is 0 Å². The van der Waals surface area contributed by atoms with E-state index in [0.717, 1.165) is 5.69 Å². The van der Waals surface area contributed by atoms with Crippen LogP contribution in [0, 0.1) is 6.92 Å². The number of nitrogens with zero attached hydrogens (tertiary/aromatic N) is 3. The van der Waals surface area contributed by atoms with Crippen molar-refractivity contribution in [1.29, 1.82) is 0 Å². The summed E-state index contributed by atoms with van der Waals surface area (Å²) in [5.74, 6) is 0. The van der Waals surface area contributed by atoms with Crippen LogP contribution in [0.25, 0.3) is 5.69 Å². The van der Waals surface area contributed by atoms with Crippen molar-refractivity contribution >= 4 is 22.1 Å². The quantitative estimate of drug-likeness (QED) is 0.417. The van der Waals surface area contributed by atoms with Crippen molar-refractivity contribution < 1.29 is 0 Å². The summed E-state index contributed by atoms with van der Waals surface area (Å²) in [4.78, 5) is 0. The van der Waals surface area contributed by atoms with Crippen LogP contribution in [0.4, 0.5) is 0 Å². The first-order chi connectivity index (χ1) is 12.2. The molecule has 138 valence electrons. The van der Waals surface area contributed by atoms with Crippen LogP contribution in [-0.2, 0) is 0 Å². The van der Waals surface area contributed by atoms with E-state index in [0.29, 0.717) is 0 Å². The van der Waals surface area contributed by atoms with Gasteiger partial charge in [-0.15, -0.1) is 0 Å². The van der Waals surface area contributed by atoms with Crippen LogP contribution in [0.3, 0.4) is 0 Å². The van der Waals surface area contributed by atoms with E-state index in [-0.39, 0.29) is 0 Å². The third-order valence-corrected chi connectivity index (χ3v) is 20.8. The van der Waals surface area contributed by atoms with E-state index < -0.39 is 18.4 Å². The molecule has 0 radical (unpaired) electrons. The molecule has 1 aromatic heterocycles. The molecule has 0 aliphatic carbocycles. The van der Waals surface area contributed by atoms with Gasteiger partial charge in [0.15, 0.2) is 0 Å². The summed E-state index contributed by atoms with van der Waals surface area (Å²) in [7, 11) is 0. The minimum atomic E-state index is -2.50. The molecule has 25 heavy (non-hydrogen) atoms. The van der Waals surface area contributed by atoms with Crippen LogP contribution in [0.5, 0.6) is 0 Å². The van der Waals surface area contributed by atoms with E-state index in [9.17, 15) is 0 Å². The molecule has 2 rings (SSSR count). The fraction of sp³-hybridized carbons (Fsp3) is 0.619. The van der Waals surface area contributed by atoms with Gasteiger partial charge in [-0.05, 0) is 0 Å². The average molecular weight is 448 g/mol. The SMILES string of the molecule is CCC[CH2][Sn]([CH2]CCC)([CH2]CCC)[c]1nnn(-c2ccccc2)c1C. The Hall–Kier alpha value is -0.841. The van der Waals surface area contributed by atoms with E-state index in [2.05, 4.69) is 67.9 Å². The molecule has 0 aliphatic heterocycles. The number of rotatable bonds is 11. The average Bonchev–Trinajstić information content (AvgIpc) is 3.04. The molecule has 0 spiro atoms. The van der Waals surface area contributed by atoms with Crippen LogP contribution in [-0.4, -0.2) is 33.4 Å². The molecule has 3 nitrogen and oxygen atoms in total. The molecule has 0 saturated heterocycles. The van der Waals surface area contributed by atoms with Crippen molar-refractivity contribution in [2.75, 3.05) is 0 Å². The topological polar surface area (TPSA) is 30.7 Å². The Balaban J connectivity index is 2.43. The molecule has 4 heteroatoms. The summed E-state index contributed by atoms with van der Waals surface area (Å²) in [5.41, 5.74) is 2.45. The molecule has 0 unspecified atom stereocenters. The van der Waals surface area contributed by atoms with Gasteiger partial charge in [0, 0.05) is 0 Å². The predicted octanol–water partition coefficient (Wildman–Crippen LogP) is 5.63. The van der Waals surface area contributed by atoms with Gasteiger partial charge in [-0.1, -0.05) is 0 Å². The van der Waals surface area contributed by atoms with E-state index in [1.165, 1.54) is 61.2 Å². The van der Waals surface area contributed by atoms with Gasteiger partial charge in [0.2, 0.25) is 0 Å². The molecule has 0 N–H and O–H groups in total. The summed E-state index contributed by atoms with van der Waals surface area (Å²) >= 11 is -2.50. The molecule has 0 fully saturated rings. The Kier molecular flexibility index (Phi) is 8.47. The van der Waals surface area contributed by atoms with Crippen molar-refractivity contribution in [3.8, 4) is 5.69 Å². The first-order valence-electron chi connectivity index (χ1n) is 10.2. The normalized spacial score (nSPS) is 11.8. The van der Waals surface area contributed by atoms with Gasteiger partial charge in [-0.2, -0.15) is 0 Å². The van der Waals surface area contributed by atoms with Crippen molar-refractivity contribution in [1.82, 2.24) is 15.0 Å². The number of para-hydroxylation sites is 1. The zero-order valence-corrected chi connectivity index (χ0v) is 19.4. The van der Waals surface area contributed by atoms with E-state index in [1.807, 2.05) is 0 Å². The molecule has 1 heterocycles. The van der Waals surface area contributed by atoms with Crippen LogP contribution in [0.15, 0.2) is 30.3 Å². The minimum absolute atomic E-state index is 1.14. The van der Waals surface area contributed by atoms with Crippen LogP contribution in [0.2, 0.25) is 13.3 Å². The van der Waals surface area contributed by atoms with Gasteiger partial charge in [0.1, 0.15) is 0 Å². The van der Waals surface area contributed by atoms with Crippen molar-refractivity contribution in [2.24, 2.45) is 0 Å². The maximum atomic E-state index is 4.83. The van der Waals surface area contributed by atoms with Crippen LogP contribution in [0.1, 0.15) is 65.0 Å². The second kappa shape index (κ2) is 10.3. The predicted molar refractivity (Wildman–Crippen MR) is 111 cm³/mol. The van der Waals surface area contributed by atoms with Gasteiger partial charge in [-0.25, -0.2) is 0 Å². The molecule has 0 amide bonds. The second-order valence-electron chi connectivity index (χ2n) is 7.36. The molecule has 0 bridgehead atoms. The molecule has 0 aliphatic rings. The molecule has 0 saturated carbocycles. The summed E-state index contributed by atoms with van der Waals surface area (Å²) in [5, 5.41) is 9.42. The Morgan fingerprint density at radius 1 is 0.840 bits per heavy atom. The number of aromatic nitrogens is 3. The summed E-state index contributed by atoms with van der Waals surface area (Å²) in [6.45, 7) is 9.22. The third kappa shape index (κ3) is 5.08. The molecular formula is C21H35N3Sn. The van der Waals surface area contributed by atoms with Crippen LogP contribution >= 0.6 is 0 Å². The Morgan fingerprint density at radius 2 is 1.36 bits per heavy atom. The summed E-state index contributed by atoms with van der Waals surface area (Å²) in [6.07, 6.45) is 7.97. The van der Waals surface area contributed by atoms with E-state index in [4.69, 9.17) is 5.10 Å². The number of hydrogen-bond acceptors (Lipinski definition) is 2. The zero-order valence-electron chi connectivity index (χ0n) is 16.6. The van der Waals surface area contributed by atoms with Crippen molar-refractivity contribution in [3.05, 3.63) is 36.0 Å². The molecule has 0 atom stereocenters. The molecule has 2 aromatic rings. The summed E-state index contributed by atoms with van der Waals surface area (Å²) in [6, 6.07) is 10.5. The first-order valence-corrected chi connectivity index (χ1v) is 17.6. The zero-order chi connectivity index (χ0) is 18.1. The van der Waals surface area contributed by atoms with Crippen molar-refractivity contribution in [2.45, 2.75) is 79.5 Å². The summed E-state index contributed by atoms with van der Waals surface area (Å²) < 4.78 is 7.86. The Labute approximate surface area is 158 Å². The maximum absolute atomic E-state index is 4.83. The second-order valence-corrected chi connectivity index (χ2v) is 20.3. The number of hydrogen-bond donors (Lipinski definition) is 0. The number of benzene rings is 1. The number of unbranched alkanes of at least 4 members (excludes halogenated alkanes) is 3. The first kappa shape index (κ1) is 20.5. The Bertz CT molecular complexity index is 600. The molecular weight excluding hydrogens is 413 g/mol. The van der Waals surface area contributed by atoms with E-state index in [1.54, 1.807) is 0 Å². The monoisotopic (exact) mass is 449 g/mol. The fourth-order valence-electron chi connectivity index (χ4n) is 3.91. The third-order valence-electron chi connectivity index (χ3n) is 5.42. The van der Waals surface area contributed by atoms with Gasteiger partial charge in [-0.3, -0.25) is 0 Å². The van der Waals surface area contributed by atoms with Crippen molar-refractivity contribution in [3.63, 3.8) is 0 Å². The van der Waals surface area contributed by atoms with E-state index >= 15 is 0 Å². The van der Waals surface area contributed by atoms with Gasteiger partial charge in [0.05, 0.1) is 0 Å². The Morgan fingerprint density at radius 3 is 1.84 bits per heavy atom. The fourth-order valence-corrected chi connectivity index (χ4v) is 20.1. The standard InChI is InChI=1S/C9H8N3.3C4H9.Sn/c1-8-7-10-11-12(8)9-5-3-2-4-6-9;3*1-3-4-2;/h2-6H,1H3;3*1,3-4H2,2H3;. The molecule has 1 aromatic carbocycles. The van der Waals surface area contributed by atoms with Crippen LogP contribution < -0.4 is 3.71 Å². The van der Waals surface area contributed by atoms with Gasteiger partial charge >= 0.3 is 158 Å².